The Morgan fingerprint density at radius 2 is 2.27 bits per heavy atom. The van der Waals surface area contributed by atoms with E-state index in [9.17, 15) is 4.79 Å². The highest BCUT2D eigenvalue weighted by Crippen LogP contribution is 2.49. The minimum atomic E-state index is -0.00717. The van der Waals surface area contributed by atoms with E-state index in [0.29, 0.717) is 30.0 Å². The summed E-state index contributed by atoms with van der Waals surface area (Å²) in [6.07, 6.45) is 7.48. The zero-order valence-corrected chi connectivity index (χ0v) is 14.8. The van der Waals surface area contributed by atoms with Crippen LogP contribution in [0.3, 0.4) is 0 Å². The van der Waals surface area contributed by atoms with Crippen LogP contribution in [0.15, 0.2) is 35.0 Å². The molecule has 5 rings (SSSR count). The van der Waals surface area contributed by atoms with E-state index >= 15 is 0 Å². The Labute approximate surface area is 152 Å². The van der Waals surface area contributed by atoms with E-state index in [1.165, 1.54) is 6.42 Å². The summed E-state index contributed by atoms with van der Waals surface area (Å²) in [5.41, 5.74) is 0.489. The van der Waals surface area contributed by atoms with Gasteiger partial charge in [-0.1, -0.05) is 17.6 Å². The van der Waals surface area contributed by atoms with Crippen LogP contribution in [0.2, 0.25) is 0 Å². The number of hydrogen-bond acceptors (Lipinski definition) is 5. The van der Waals surface area contributed by atoms with Gasteiger partial charge in [0.25, 0.3) is 5.91 Å². The fourth-order valence-electron chi connectivity index (χ4n) is 4.57. The molecule has 2 aromatic heterocycles. The highest BCUT2D eigenvalue weighted by atomic mass is 16.5. The van der Waals surface area contributed by atoms with Gasteiger partial charge in [0.05, 0.1) is 6.61 Å². The van der Waals surface area contributed by atoms with Crippen LogP contribution in [-0.4, -0.2) is 40.6 Å². The van der Waals surface area contributed by atoms with Gasteiger partial charge in [0.2, 0.25) is 5.88 Å². The molecule has 136 valence electrons. The standard InChI is InChI=1S/C20H23N3O3/c24-19(16-10-17(26-22-16)14-6-7-14)23-11-15-4-3-8-20(15,12-23)13-25-18-5-1-2-9-21-18/h1-2,5,9-10,14-15H,3-4,6-8,11-13H2/t15-,20+/m1/s1. The predicted molar refractivity (Wildman–Crippen MR) is 93.9 cm³/mol. The number of rotatable bonds is 5. The van der Waals surface area contributed by atoms with Crippen molar-refractivity contribution in [2.45, 2.75) is 38.0 Å². The molecule has 1 aliphatic heterocycles. The van der Waals surface area contributed by atoms with E-state index in [1.54, 1.807) is 6.20 Å². The van der Waals surface area contributed by atoms with E-state index < -0.39 is 0 Å². The van der Waals surface area contributed by atoms with Crippen LogP contribution >= 0.6 is 0 Å². The van der Waals surface area contributed by atoms with Gasteiger partial charge in [0.15, 0.2) is 5.69 Å². The van der Waals surface area contributed by atoms with Crippen LogP contribution in [0.1, 0.15) is 54.3 Å². The lowest BCUT2D eigenvalue weighted by Gasteiger charge is -2.28. The molecular formula is C20H23N3O3. The smallest absolute Gasteiger partial charge is 0.276 e. The largest absolute Gasteiger partial charge is 0.477 e. The first-order chi connectivity index (χ1) is 12.7. The molecule has 6 nitrogen and oxygen atoms in total. The monoisotopic (exact) mass is 353 g/mol. The number of ether oxygens (including phenoxy) is 1. The van der Waals surface area contributed by atoms with Crippen LogP contribution in [0.25, 0.3) is 0 Å². The molecule has 2 aromatic rings. The summed E-state index contributed by atoms with van der Waals surface area (Å²) in [5, 5.41) is 4.02. The topological polar surface area (TPSA) is 68.5 Å². The van der Waals surface area contributed by atoms with Crippen molar-refractivity contribution in [3.05, 3.63) is 41.9 Å². The van der Waals surface area contributed by atoms with Gasteiger partial charge in [-0.15, -0.1) is 0 Å². The number of hydrogen-bond donors (Lipinski definition) is 0. The van der Waals surface area contributed by atoms with Crippen LogP contribution in [0.5, 0.6) is 5.88 Å². The molecule has 1 amide bonds. The number of nitrogens with zero attached hydrogens (tertiary/aromatic N) is 3. The highest BCUT2D eigenvalue weighted by Gasteiger charge is 2.51. The third-order valence-electron chi connectivity index (χ3n) is 6.20. The molecule has 2 aliphatic carbocycles. The van der Waals surface area contributed by atoms with E-state index in [-0.39, 0.29) is 11.3 Å². The molecule has 2 atom stereocenters. The molecule has 1 saturated heterocycles. The Morgan fingerprint density at radius 3 is 3.08 bits per heavy atom. The van der Waals surface area contributed by atoms with E-state index in [0.717, 1.165) is 44.5 Å². The quantitative estimate of drug-likeness (QED) is 0.825. The molecule has 3 fully saturated rings. The fraction of sp³-hybridized carbons (Fsp3) is 0.550. The van der Waals surface area contributed by atoms with Crippen molar-refractivity contribution < 1.29 is 14.1 Å². The number of amides is 1. The summed E-state index contributed by atoms with van der Waals surface area (Å²) in [4.78, 5) is 19.1. The average molecular weight is 353 g/mol. The van der Waals surface area contributed by atoms with Gasteiger partial charge in [-0.3, -0.25) is 4.79 Å². The maximum Gasteiger partial charge on any atom is 0.276 e. The van der Waals surface area contributed by atoms with Crippen LogP contribution in [-0.2, 0) is 0 Å². The lowest BCUT2D eigenvalue weighted by atomic mass is 9.81. The normalized spacial score (nSPS) is 27.5. The molecule has 0 bridgehead atoms. The summed E-state index contributed by atoms with van der Waals surface area (Å²) >= 11 is 0. The van der Waals surface area contributed by atoms with Gasteiger partial charge in [-0.2, -0.15) is 0 Å². The van der Waals surface area contributed by atoms with Gasteiger partial charge < -0.3 is 14.2 Å². The zero-order valence-electron chi connectivity index (χ0n) is 14.8. The Morgan fingerprint density at radius 1 is 1.35 bits per heavy atom. The summed E-state index contributed by atoms with van der Waals surface area (Å²) in [6, 6.07) is 7.53. The number of carbonyl (C=O) groups is 1. The van der Waals surface area contributed by atoms with Crippen molar-refractivity contribution in [1.82, 2.24) is 15.0 Å². The molecular weight excluding hydrogens is 330 g/mol. The van der Waals surface area contributed by atoms with Crippen molar-refractivity contribution in [3.63, 3.8) is 0 Å². The van der Waals surface area contributed by atoms with Crippen molar-refractivity contribution in [1.29, 1.82) is 0 Å². The Kier molecular flexibility index (Phi) is 3.72. The number of aromatic nitrogens is 2. The molecule has 6 heteroatoms. The second-order valence-electron chi connectivity index (χ2n) is 7.98. The van der Waals surface area contributed by atoms with Gasteiger partial charge >= 0.3 is 0 Å². The highest BCUT2D eigenvalue weighted by molar-refractivity contribution is 5.92. The van der Waals surface area contributed by atoms with E-state index in [4.69, 9.17) is 9.26 Å². The SMILES string of the molecule is O=C(c1cc(C2CC2)on1)N1C[C@H]2CCC[C@@]2(COc2ccccn2)C1. The molecule has 0 N–H and O–H groups in total. The van der Waals surface area contributed by atoms with Crippen LogP contribution < -0.4 is 4.74 Å². The molecule has 0 aromatic carbocycles. The number of likely N-dealkylation sites (tertiary alicyclic amines) is 1. The van der Waals surface area contributed by atoms with Crippen molar-refractivity contribution >= 4 is 5.91 Å². The van der Waals surface area contributed by atoms with Gasteiger partial charge in [-0.25, -0.2) is 4.98 Å². The maximum absolute atomic E-state index is 12.9. The molecule has 0 radical (unpaired) electrons. The van der Waals surface area contributed by atoms with Crippen molar-refractivity contribution in [2.75, 3.05) is 19.7 Å². The third kappa shape index (κ3) is 2.77. The Hall–Kier alpha value is -2.37. The molecule has 0 unspecified atom stereocenters. The second kappa shape index (κ2) is 6.11. The zero-order chi connectivity index (χ0) is 17.6. The third-order valence-corrected chi connectivity index (χ3v) is 6.20. The maximum atomic E-state index is 12.9. The molecule has 2 saturated carbocycles. The first-order valence-corrected chi connectivity index (χ1v) is 9.53. The predicted octanol–water partition coefficient (Wildman–Crippen LogP) is 3.27. The molecule has 3 heterocycles. The first-order valence-electron chi connectivity index (χ1n) is 9.53. The van der Waals surface area contributed by atoms with Crippen LogP contribution in [0.4, 0.5) is 0 Å². The summed E-state index contributed by atoms with van der Waals surface area (Å²) < 4.78 is 11.4. The summed E-state index contributed by atoms with van der Waals surface area (Å²) in [5.74, 6) is 2.47. The molecule has 0 spiro atoms. The van der Waals surface area contributed by atoms with Gasteiger partial charge in [-0.05, 0) is 37.7 Å². The van der Waals surface area contributed by atoms with Crippen molar-refractivity contribution in [2.24, 2.45) is 11.3 Å². The molecule has 26 heavy (non-hydrogen) atoms. The summed E-state index contributed by atoms with van der Waals surface area (Å²) in [7, 11) is 0. The second-order valence-corrected chi connectivity index (χ2v) is 7.98. The lowest BCUT2D eigenvalue weighted by Crippen LogP contribution is -2.35. The Balaban J connectivity index is 1.29. The summed E-state index contributed by atoms with van der Waals surface area (Å²) in [6.45, 7) is 2.13. The van der Waals surface area contributed by atoms with Crippen molar-refractivity contribution in [3.8, 4) is 5.88 Å². The minimum Gasteiger partial charge on any atom is -0.477 e. The fourth-order valence-corrected chi connectivity index (χ4v) is 4.57. The van der Waals surface area contributed by atoms with E-state index in [1.807, 2.05) is 29.2 Å². The average Bonchev–Trinajstić information content (AvgIpc) is 3.12. The minimum absolute atomic E-state index is 0.00717. The number of pyridine rings is 1. The molecule has 3 aliphatic rings. The van der Waals surface area contributed by atoms with Gasteiger partial charge in [0.1, 0.15) is 5.76 Å². The van der Waals surface area contributed by atoms with E-state index in [2.05, 4.69) is 10.1 Å². The Bertz CT molecular complexity index is 802. The van der Waals surface area contributed by atoms with Gasteiger partial charge in [0, 0.05) is 42.8 Å². The number of fused-ring (bicyclic) bond motifs is 1. The lowest BCUT2D eigenvalue weighted by molar-refractivity contribution is 0.0734. The number of carbonyl (C=O) groups excluding carboxylic acids is 1. The first kappa shape index (κ1) is 15.9. The van der Waals surface area contributed by atoms with Crippen LogP contribution in [0, 0.1) is 11.3 Å².